The first-order valence-corrected chi connectivity index (χ1v) is 7.94. The molecule has 0 bridgehead atoms. The second-order valence-electron chi connectivity index (χ2n) is 4.41. The number of rotatable bonds is 7. The minimum absolute atomic E-state index is 0.187. The molecule has 1 rings (SSSR count). The zero-order chi connectivity index (χ0) is 15.0. The van der Waals surface area contributed by atoms with Crippen LogP contribution in [0.5, 0.6) is 0 Å². The lowest BCUT2D eigenvalue weighted by molar-refractivity contribution is 0.478. The van der Waals surface area contributed by atoms with Crippen molar-refractivity contribution in [1.82, 2.24) is 4.31 Å². The lowest BCUT2D eigenvalue weighted by Gasteiger charge is -2.16. The van der Waals surface area contributed by atoms with E-state index in [9.17, 15) is 8.42 Å². The van der Waals surface area contributed by atoms with Crippen LogP contribution in [0.4, 0.5) is 0 Å². The summed E-state index contributed by atoms with van der Waals surface area (Å²) in [7, 11) is -3.64. The van der Waals surface area contributed by atoms with Crippen molar-refractivity contribution in [3.63, 3.8) is 0 Å². The molecule has 106 valence electrons. The summed E-state index contributed by atoms with van der Waals surface area (Å²) >= 11 is 0. The van der Waals surface area contributed by atoms with E-state index in [1.54, 1.807) is 18.2 Å². The third-order valence-electron chi connectivity index (χ3n) is 2.77. The Bertz CT molecular complexity index is 611. The van der Waals surface area contributed by atoms with Crippen molar-refractivity contribution in [2.45, 2.75) is 25.5 Å². The normalized spacial score (nSPS) is 11.0. The maximum atomic E-state index is 12.2. The third-order valence-corrected chi connectivity index (χ3v) is 4.51. The van der Waals surface area contributed by atoms with Crippen LogP contribution < -0.4 is 0 Å². The minimum atomic E-state index is -3.64. The predicted molar refractivity (Wildman–Crippen MR) is 75.9 cm³/mol. The first-order chi connectivity index (χ1) is 9.53. The average molecular weight is 291 g/mol. The zero-order valence-corrected chi connectivity index (χ0v) is 12.2. The van der Waals surface area contributed by atoms with Gasteiger partial charge in [-0.05, 0) is 17.5 Å². The Morgan fingerprint density at radius 2 is 1.75 bits per heavy atom. The molecule has 0 aliphatic rings. The van der Waals surface area contributed by atoms with Crippen LogP contribution in [0.3, 0.4) is 0 Å². The molecule has 1 aromatic carbocycles. The molecule has 0 unspecified atom stereocenters. The number of benzene rings is 1. The smallest absolute Gasteiger partial charge is 0.212 e. The van der Waals surface area contributed by atoms with E-state index in [4.69, 9.17) is 10.5 Å². The zero-order valence-electron chi connectivity index (χ0n) is 11.4. The van der Waals surface area contributed by atoms with E-state index in [2.05, 4.69) is 6.92 Å². The molecule has 0 aliphatic heterocycles. The lowest BCUT2D eigenvalue weighted by Crippen LogP contribution is -2.32. The Morgan fingerprint density at radius 1 is 1.15 bits per heavy atom. The Labute approximate surface area is 120 Å². The predicted octanol–water partition coefficient (Wildman–Crippen LogP) is 1.82. The quantitative estimate of drug-likeness (QED) is 0.717. The van der Waals surface area contributed by atoms with E-state index in [0.29, 0.717) is 5.56 Å². The molecule has 0 aliphatic carbocycles. The molecule has 6 heteroatoms. The molecule has 0 aromatic heterocycles. The summed E-state index contributed by atoms with van der Waals surface area (Å²) in [5.41, 5.74) is 1.77. The van der Waals surface area contributed by atoms with Crippen molar-refractivity contribution >= 4 is 10.0 Å². The standard InChI is InChI=1S/C14H17N3O2S/c1-2-4-13-5-3-6-14(11-13)12-20(18,19)17(9-7-15)10-8-16/h3,5-6,11H,2,4,9-10,12H2,1H3. The molecule has 0 spiro atoms. The van der Waals surface area contributed by atoms with Gasteiger partial charge in [0.05, 0.1) is 17.9 Å². The van der Waals surface area contributed by atoms with Gasteiger partial charge in [0.25, 0.3) is 0 Å². The van der Waals surface area contributed by atoms with Crippen molar-refractivity contribution in [2.75, 3.05) is 13.1 Å². The van der Waals surface area contributed by atoms with E-state index in [0.717, 1.165) is 22.7 Å². The van der Waals surface area contributed by atoms with Crippen LogP contribution in [0.1, 0.15) is 24.5 Å². The largest absolute Gasteiger partial charge is 0.220 e. The van der Waals surface area contributed by atoms with Crippen LogP contribution in [0.2, 0.25) is 0 Å². The van der Waals surface area contributed by atoms with Gasteiger partial charge in [0, 0.05) is 0 Å². The molecule has 0 heterocycles. The summed E-state index contributed by atoms with van der Waals surface area (Å²) in [5.74, 6) is -0.187. The molecule has 0 N–H and O–H groups in total. The molecule has 0 fully saturated rings. The third kappa shape index (κ3) is 4.65. The minimum Gasteiger partial charge on any atom is -0.212 e. The van der Waals surface area contributed by atoms with E-state index < -0.39 is 10.0 Å². The van der Waals surface area contributed by atoms with Crippen molar-refractivity contribution < 1.29 is 8.42 Å². The maximum absolute atomic E-state index is 12.2. The second-order valence-corrected chi connectivity index (χ2v) is 6.38. The lowest BCUT2D eigenvalue weighted by atomic mass is 10.1. The van der Waals surface area contributed by atoms with E-state index in [-0.39, 0.29) is 18.8 Å². The maximum Gasteiger partial charge on any atom is 0.220 e. The van der Waals surface area contributed by atoms with Gasteiger partial charge < -0.3 is 0 Å². The average Bonchev–Trinajstić information content (AvgIpc) is 2.39. The van der Waals surface area contributed by atoms with Crippen LogP contribution in [0.15, 0.2) is 24.3 Å². The topological polar surface area (TPSA) is 85.0 Å². The highest BCUT2D eigenvalue weighted by Crippen LogP contribution is 2.13. The van der Waals surface area contributed by atoms with Crippen molar-refractivity contribution in [3.05, 3.63) is 35.4 Å². The summed E-state index contributed by atoms with van der Waals surface area (Å²) < 4.78 is 25.2. The van der Waals surface area contributed by atoms with E-state index in [1.807, 2.05) is 18.2 Å². The monoisotopic (exact) mass is 291 g/mol. The number of aryl methyl sites for hydroxylation is 1. The fourth-order valence-electron chi connectivity index (χ4n) is 1.88. The van der Waals surface area contributed by atoms with Crippen molar-refractivity contribution in [2.24, 2.45) is 0 Å². The van der Waals surface area contributed by atoms with Gasteiger partial charge in [0.15, 0.2) is 0 Å². The Balaban J connectivity index is 2.92. The molecular weight excluding hydrogens is 274 g/mol. The van der Waals surface area contributed by atoms with Gasteiger partial charge in [0.2, 0.25) is 10.0 Å². The van der Waals surface area contributed by atoms with Crippen LogP contribution in [-0.2, 0) is 22.2 Å². The highest BCUT2D eigenvalue weighted by atomic mass is 32.2. The van der Waals surface area contributed by atoms with Crippen molar-refractivity contribution in [3.8, 4) is 12.1 Å². The Morgan fingerprint density at radius 3 is 2.30 bits per heavy atom. The number of nitriles is 2. The summed E-state index contributed by atoms with van der Waals surface area (Å²) in [5, 5.41) is 17.3. The molecule has 0 saturated carbocycles. The van der Waals surface area contributed by atoms with Crippen LogP contribution >= 0.6 is 0 Å². The van der Waals surface area contributed by atoms with Gasteiger partial charge >= 0.3 is 0 Å². The SMILES string of the molecule is CCCc1cccc(CS(=O)(=O)N(CC#N)CC#N)c1. The van der Waals surface area contributed by atoms with Crippen LogP contribution in [-0.4, -0.2) is 25.8 Å². The summed E-state index contributed by atoms with van der Waals surface area (Å²) in [6.07, 6.45) is 1.89. The van der Waals surface area contributed by atoms with Gasteiger partial charge in [-0.1, -0.05) is 37.6 Å². The molecule has 0 saturated heterocycles. The van der Waals surface area contributed by atoms with Gasteiger partial charge in [-0.25, -0.2) is 8.42 Å². The van der Waals surface area contributed by atoms with Crippen molar-refractivity contribution in [1.29, 1.82) is 10.5 Å². The fraction of sp³-hybridized carbons (Fsp3) is 0.429. The number of sulfonamides is 1. The molecule has 0 amide bonds. The Kier molecular flexibility index (Phi) is 6.17. The van der Waals surface area contributed by atoms with Gasteiger partial charge in [0.1, 0.15) is 13.1 Å². The number of hydrogen-bond acceptors (Lipinski definition) is 4. The second kappa shape index (κ2) is 7.64. The van der Waals surface area contributed by atoms with Gasteiger partial charge in [-0.2, -0.15) is 14.8 Å². The van der Waals surface area contributed by atoms with E-state index in [1.165, 1.54) is 0 Å². The fourth-order valence-corrected chi connectivity index (χ4v) is 3.17. The first-order valence-electron chi connectivity index (χ1n) is 6.33. The van der Waals surface area contributed by atoms with E-state index >= 15 is 0 Å². The van der Waals surface area contributed by atoms with Gasteiger partial charge in [-0.3, -0.25) is 0 Å². The molecule has 5 nitrogen and oxygen atoms in total. The highest BCUT2D eigenvalue weighted by molar-refractivity contribution is 7.88. The van der Waals surface area contributed by atoms with Gasteiger partial charge in [-0.15, -0.1) is 0 Å². The highest BCUT2D eigenvalue weighted by Gasteiger charge is 2.22. The summed E-state index contributed by atoms with van der Waals surface area (Å²) in [4.78, 5) is 0. The summed E-state index contributed by atoms with van der Waals surface area (Å²) in [6.45, 7) is 1.46. The molecule has 20 heavy (non-hydrogen) atoms. The molecule has 1 aromatic rings. The molecule has 0 atom stereocenters. The first kappa shape index (κ1) is 16.2. The van der Waals surface area contributed by atoms with Crippen LogP contribution in [0, 0.1) is 22.7 Å². The molecular formula is C14H17N3O2S. The summed E-state index contributed by atoms with van der Waals surface area (Å²) in [6, 6.07) is 10.9. The number of hydrogen-bond donors (Lipinski definition) is 0. The van der Waals surface area contributed by atoms with Crippen LogP contribution in [0.25, 0.3) is 0 Å². The Hall–Kier alpha value is -1.89. The number of nitrogens with zero attached hydrogens (tertiary/aromatic N) is 3. The molecule has 0 radical (unpaired) electrons.